The summed E-state index contributed by atoms with van der Waals surface area (Å²) in [5.74, 6) is -0.668. The van der Waals surface area contributed by atoms with Crippen molar-refractivity contribution in [3.63, 3.8) is 0 Å². The van der Waals surface area contributed by atoms with Gasteiger partial charge in [0.25, 0.3) is 0 Å². The molecule has 0 bridgehead atoms. The summed E-state index contributed by atoms with van der Waals surface area (Å²) in [5.41, 5.74) is 1.45. The summed E-state index contributed by atoms with van der Waals surface area (Å²) >= 11 is 0. The van der Waals surface area contributed by atoms with Gasteiger partial charge in [-0.1, -0.05) is 13.3 Å². The molecule has 0 saturated heterocycles. The third-order valence-electron chi connectivity index (χ3n) is 6.12. The number of fused-ring (bicyclic) bond motifs is 3. The predicted molar refractivity (Wildman–Crippen MR) is 82.3 cm³/mol. The van der Waals surface area contributed by atoms with Crippen molar-refractivity contribution >= 4 is 12.3 Å². The molecule has 0 spiro atoms. The molecule has 0 amide bonds. The second-order valence-corrected chi connectivity index (χ2v) is 7.27. The second kappa shape index (κ2) is 4.83. The molecule has 0 heterocycles. The number of phenolic OH excluding ortho intramolecular Hbond substituents is 1. The number of carboxylic acids is 1. The van der Waals surface area contributed by atoms with E-state index in [1.54, 1.807) is 12.1 Å². The van der Waals surface area contributed by atoms with Gasteiger partial charge in [0.05, 0.1) is 11.0 Å². The summed E-state index contributed by atoms with van der Waals surface area (Å²) in [6.07, 6.45) is 4.75. The molecule has 118 valence electrons. The smallest absolute Gasteiger partial charge is 0.309 e. The molecule has 3 atom stereocenters. The zero-order valence-electron chi connectivity index (χ0n) is 13.1. The highest BCUT2D eigenvalue weighted by Crippen LogP contribution is 2.57. The van der Waals surface area contributed by atoms with Crippen molar-refractivity contribution in [3.8, 4) is 5.75 Å². The van der Waals surface area contributed by atoms with Gasteiger partial charge in [-0.2, -0.15) is 0 Å². The number of benzene rings is 1. The molecule has 1 unspecified atom stereocenters. The van der Waals surface area contributed by atoms with E-state index in [1.165, 1.54) is 0 Å². The predicted octanol–water partition coefficient (Wildman–Crippen LogP) is 3.30. The normalized spacial score (nSPS) is 33.6. The van der Waals surface area contributed by atoms with E-state index in [0.717, 1.165) is 36.8 Å². The highest BCUT2D eigenvalue weighted by atomic mass is 16.4. The summed E-state index contributed by atoms with van der Waals surface area (Å²) in [4.78, 5) is 22.9. The van der Waals surface area contributed by atoms with Crippen LogP contribution in [-0.2, 0) is 16.6 Å². The fourth-order valence-electron chi connectivity index (χ4n) is 4.87. The minimum atomic E-state index is -0.722. The Balaban J connectivity index is 2.15. The summed E-state index contributed by atoms with van der Waals surface area (Å²) < 4.78 is 0. The van der Waals surface area contributed by atoms with E-state index in [2.05, 4.69) is 6.92 Å². The number of aldehydes is 1. The number of aliphatic carboxylic acids is 1. The van der Waals surface area contributed by atoms with Crippen molar-refractivity contribution in [1.82, 2.24) is 0 Å². The molecule has 1 aromatic carbocycles. The summed E-state index contributed by atoms with van der Waals surface area (Å²) in [6, 6.07) is 3.46. The van der Waals surface area contributed by atoms with Gasteiger partial charge in [0, 0.05) is 0 Å². The van der Waals surface area contributed by atoms with Crippen LogP contribution in [0.1, 0.15) is 61.0 Å². The van der Waals surface area contributed by atoms with Gasteiger partial charge < -0.3 is 10.2 Å². The first-order valence-corrected chi connectivity index (χ1v) is 7.88. The van der Waals surface area contributed by atoms with Gasteiger partial charge in [-0.15, -0.1) is 0 Å². The van der Waals surface area contributed by atoms with E-state index in [1.807, 2.05) is 6.92 Å². The molecule has 22 heavy (non-hydrogen) atoms. The number of aromatic hydroxyl groups is 1. The number of phenols is 1. The molecule has 4 nitrogen and oxygen atoms in total. The summed E-state index contributed by atoms with van der Waals surface area (Å²) in [5, 5.41) is 19.8. The monoisotopic (exact) mass is 302 g/mol. The van der Waals surface area contributed by atoms with Crippen molar-refractivity contribution in [1.29, 1.82) is 0 Å². The maximum atomic E-state index is 11.9. The number of carbonyl (C=O) groups excluding carboxylic acids is 1. The standard InChI is InChI=1S/C18H22O4/c1-17-6-3-7-18(2,16(21)22)15(17)5-4-11-8-12(10-19)14(20)9-13(11)17/h8-10,15,20H,3-7H2,1-2H3,(H,21,22)/t15-,17-,18?/m1/s1. The van der Waals surface area contributed by atoms with Gasteiger partial charge in [0.15, 0.2) is 6.29 Å². The Bertz CT molecular complexity index is 651. The summed E-state index contributed by atoms with van der Waals surface area (Å²) in [6.45, 7) is 3.98. The lowest BCUT2D eigenvalue weighted by Gasteiger charge is -2.53. The minimum absolute atomic E-state index is 0.00164. The van der Waals surface area contributed by atoms with Crippen molar-refractivity contribution in [2.45, 2.75) is 51.4 Å². The lowest BCUT2D eigenvalue weighted by molar-refractivity contribution is -0.157. The van der Waals surface area contributed by atoms with Crippen LogP contribution in [0, 0.1) is 11.3 Å². The van der Waals surface area contributed by atoms with Gasteiger partial charge in [-0.25, -0.2) is 0 Å². The van der Waals surface area contributed by atoms with Crippen LogP contribution in [0.4, 0.5) is 0 Å². The number of aryl methyl sites for hydroxylation is 1. The van der Waals surface area contributed by atoms with Crippen molar-refractivity contribution in [2.75, 3.05) is 0 Å². The van der Waals surface area contributed by atoms with E-state index < -0.39 is 11.4 Å². The molecule has 2 aliphatic carbocycles. The van der Waals surface area contributed by atoms with Gasteiger partial charge >= 0.3 is 5.97 Å². The second-order valence-electron chi connectivity index (χ2n) is 7.27. The van der Waals surface area contributed by atoms with E-state index in [4.69, 9.17) is 0 Å². The zero-order chi connectivity index (χ0) is 16.1. The average molecular weight is 302 g/mol. The van der Waals surface area contributed by atoms with Crippen LogP contribution in [0.15, 0.2) is 12.1 Å². The quantitative estimate of drug-likeness (QED) is 0.822. The highest BCUT2D eigenvalue weighted by Gasteiger charge is 2.55. The molecule has 2 N–H and O–H groups in total. The number of hydrogen-bond acceptors (Lipinski definition) is 3. The Labute approximate surface area is 130 Å². The van der Waals surface area contributed by atoms with E-state index >= 15 is 0 Å². The molecule has 4 heteroatoms. The van der Waals surface area contributed by atoms with E-state index in [0.29, 0.717) is 18.3 Å². The molecule has 1 fully saturated rings. The molecule has 0 radical (unpaired) electrons. The topological polar surface area (TPSA) is 74.6 Å². The van der Waals surface area contributed by atoms with E-state index in [9.17, 15) is 19.8 Å². The molecule has 1 aromatic rings. The van der Waals surface area contributed by atoms with Crippen LogP contribution >= 0.6 is 0 Å². The third-order valence-corrected chi connectivity index (χ3v) is 6.12. The lowest BCUT2D eigenvalue weighted by atomic mass is 9.50. The summed E-state index contributed by atoms with van der Waals surface area (Å²) in [7, 11) is 0. The lowest BCUT2D eigenvalue weighted by Crippen LogP contribution is -2.52. The number of hydrogen-bond donors (Lipinski definition) is 2. The van der Waals surface area contributed by atoms with Crippen molar-refractivity contribution in [2.24, 2.45) is 11.3 Å². The van der Waals surface area contributed by atoms with Crippen LogP contribution in [0.3, 0.4) is 0 Å². The van der Waals surface area contributed by atoms with Crippen LogP contribution in [0.5, 0.6) is 5.75 Å². The Morgan fingerprint density at radius 2 is 2.05 bits per heavy atom. The van der Waals surface area contributed by atoms with Gasteiger partial charge in [0.1, 0.15) is 5.75 Å². The first-order valence-electron chi connectivity index (χ1n) is 7.88. The van der Waals surface area contributed by atoms with Crippen LogP contribution in [-0.4, -0.2) is 22.5 Å². The third kappa shape index (κ3) is 1.89. The molecule has 2 aliphatic rings. The van der Waals surface area contributed by atoms with Crippen molar-refractivity contribution < 1.29 is 19.8 Å². The highest BCUT2D eigenvalue weighted by molar-refractivity contribution is 5.80. The maximum Gasteiger partial charge on any atom is 0.309 e. The number of carboxylic acid groups (broad SMARTS) is 1. The van der Waals surface area contributed by atoms with Crippen molar-refractivity contribution in [3.05, 3.63) is 28.8 Å². The molecule has 1 saturated carbocycles. The van der Waals surface area contributed by atoms with Crippen LogP contribution < -0.4 is 0 Å². The Hall–Kier alpha value is -1.84. The molecule has 3 rings (SSSR count). The average Bonchev–Trinajstić information content (AvgIpc) is 2.47. The first-order chi connectivity index (χ1) is 10.3. The zero-order valence-corrected chi connectivity index (χ0v) is 13.1. The van der Waals surface area contributed by atoms with Gasteiger partial charge in [-0.3, -0.25) is 9.59 Å². The molecule has 0 aromatic heterocycles. The fraction of sp³-hybridized carbons (Fsp3) is 0.556. The van der Waals surface area contributed by atoms with Crippen LogP contribution in [0.2, 0.25) is 0 Å². The van der Waals surface area contributed by atoms with Gasteiger partial charge in [-0.05, 0) is 67.2 Å². The molecular weight excluding hydrogens is 280 g/mol. The number of rotatable bonds is 2. The molecule has 0 aliphatic heterocycles. The molecular formula is C18H22O4. The Morgan fingerprint density at radius 3 is 2.68 bits per heavy atom. The largest absolute Gasteiger partial charge is 0.507 e. The first kappa shape index (κ1) is 15.1. The Kier molecular flexibility index (Phi) is 3.31. The minimum Gasteiger partial charge on any atom is -0.507 e. The van der Waals surface area contributed by atoms with Gasteiger partial charge in [0.2, 0.25) is 0 Å². The fourth-order valence-corrected chi connectivity index (χ4v) is 4.87. The SMILES string of the molecule is CC1(C(=O)O)CCC[C@]2(C)c3cc(O)c(C=O)cc3CC[C@@H]12. The number of carbonyl (C=O) groups is 2. The maximum absolute atomic E-state index is 11.9. The van der Waals surface area contributed by atoms with E-state index in [-0.39, 0.29) is 17.1 Å². The van der Waals surface area contributed by atoms with Crippen LogP contribution in [0.25, 0.3) is 0 Å². The Morgan fingerprint density at radius 1 is 1.32 bits per heavy atom.